The van der Waals surface area contributed by atoms with E-state index >= 15 is 0 Å². The second kappa shape index (κ2) is 10.4. The lowest BCUT2D eigenvalue weighted by Gasteiger charge is -2.30. The molecular weight excluding hydrogens is 432 g/mol. The van der Waals surface area contributed by atoms with Gasteiger partial charge in [0.05, 0.1) is 0 Å². The number of ether oxygens (including phenoxy) is 2. The molecule has 2 N–H and O–H groups in total. The smallest absolute Gasteiger partial charge is 0.261 e. The number of carbonyl (C=O) groups excluding carboxylic acids is 1. The number of rotatable bonds is 9. The van der Waals surface area contributed by atoms with Crippen molar-refractivity contribution in [1.29, 1.82) is 0 Å². The third-order valence-electron chi connectivity index (χ3n) is 5.63. The summed E-state index contributed by atoms with van der Waals surface area (Å²) >= 11 is 0.919. The molecule has 1 atom stereocenters. The van der Waals surface area contributed by atoms with Gasteiger partial charge >= 0.3 is 0 Å². The Kier molecular flexibility index (Phi) is 7.89. The minimum Gasteiger partial charge on any atom is -0.454 e. The molecule has 0 saturated heterocycles. The molecule has 0 aliphatic carbocycles. The number of hydroxylamine groups is 1. The summed E-state index contributed by atoms with van der Waals surface area (Å²) in [5.41, 5.74) is 6.93. The van der Waals surface area contributed by atoms with Crippen molar-refractivity contribution in [1.82, 2.24) is 9.79 Å². The average Bonchev–Trinajstić information content (AvgIpc) is 3.22. The van der Waals surface area contributed by atoms with E-state index in [0.29, 0.717) is 23.8 Å². The highest BCUT2D eigenvalue weighted by molar-refractivity contribution is 7.92. The zero-order chi connectivity index (χ0) is 23.4. The van der Waals surface area contributed by atoms with Crippen molar-refractivity contribution in [3.8, 4) is 17.2 Å². The van der Waals surface area contributed by atoms with Gasteiger partial charge in [0.15, 0.2) is 17.2 Å². The molecule has 9 heteroatoms. The van der Waals surface area contributed by atoms with Crippen LogP contribution in [-0.2, 0) is 15.7 Å². The number of fused-ring (bicyclic) bond motifs is 1. The molecule has 1 aliphatic rings. The van der Waals surface area contributed by atoms with Gasteiger partial charge in [0.2, 0.25) is 6.79 Å². The molecule has 3 rings (SSSR count). The third-order valence-corrected chi connectivity index (χ3v) is 6.30. The van der Waals surface area contributed by atoms with E-state index in [9.17, 15) is 10.0 Å². The molecule has 0 radical (unpaired) electrons. The van der Waals surface area contributed by atoms with Gasteiger partial charge in [0.25, 0.3) is 5.91 Å². The summed E-state index contributed by atoms with van der Waals surface area (Å²) in [6, 6.07) is 6.96. The van der Waals surface area contributed by atoms with Crippen LogP contribution >= 0.6 is 12.2 Å². The molecule has 1 aliphatic heterocycles. The van der Waals surface area contributed by atoms with E-state index in [1.807, 2.05) is 58.9 Å². The van der Waals surface area contributed by atoms with Gasteiger partial charge in [-0.2, -0.15) is 0 Å². The molecule has 8 nitrogen and oxygen atoms in total. The maximum Gasteiger partial charge on any atom is 0.261 e. The Labute approximate surface area is 193 Å². The van der Waals surface area contributed by atoms with Gasteiger partial charge in [0, 0.05) is 6.54 Å². The van der Waals surface area contributed by atoms with E-state index in [-0.39, 0.29) is 12.7 Å². The summed E-state index contributed by atoms with van der Waals surface area (Å²) in [6.45, 7) is 12.4. The van der Waals surface area contributed by atoms with E-state index in [4.69, 9.17) is 18.7 Å². The standard InChI is InChI=1S/C23H30N2O6S/c1-13(2)21(23(26)24-27)25(11-18-7-8-19-20(10-18)29-12-28-19)32-31-30-22-15(4)9-14(3)16(5)17(22)6/h7-10,13,21,27H,11-12H2,1-6H3,(H,24,26)/t21-/m1/s1. The Hall–Kier alpha value is -2.46. The number of nitrogens with one attached hydrogen (secondary N) is 1. The van der Waals surface area contributed by atoms with Crippen molar-refractivity contribution in [2.24, 2.45) is 5.92 Å². The molecule has 2 aromatic rings. The number of benzene rings is 2. The topological polar surface area (TPSA) is 89.5 Å². The largest absolute Gasteiger partial charge is 0.454 e. The number of carbonyl (C=O) groups is 1. The minimum atomic E-state index is -0.680. The first-order valence-electron chi connectivity index (χ1n) is 10.4. The molecule has 0 spiro atoms. The van der Waals surface area contributed by atoms with Crippen LogP contribution in [-0.4, -0.2) is 28.3 Å². The zero-order valence-electron chi connectivity index (χ0n) is 19.2. The normalized spacial score (nSPS) is 13.5. The van der Waals surface area contributed by atoms with Crippen LogP contribution in [0.15, 0.2) is 24.3 Å². The molecule has 2 aromatic carbocycles. The van der Waals surface area contributed by atoms with Gasteiger partial charge in [-0.25, -0.2) is 9.79 Å². The van der Waals surface area contributed by atoms with E-state index in [1.54, 1.807) is 9.79 Å². The van der Waals surface area contributed by atoms with Crippen molar-refractivity contribution in [3.05, 3.63) is 52.1 Å². The average molecular weight is 463 g/mol. The highest BCUT2D eigenvalue weighted by Gasteiger charge is 2.31. The van der Waals surface area contributed by atoms with Gasteiger partial charge in [-0.15, -0.1) is 0 Å². The lowest BCUT2D eigenvalue weighted by atomic mass is 10.00. The van der Waals surface area contributed by atoms with Crippen molar-refractivity contribution in [3.63, 3.8) is 0 Å². The lowest BCUT2D eigenvalue weighted by Crippen LogP contribution is -2.46. The maximum atomic E-state index is 12.4. The van der Waals surface area contributed by atoms with Crippen LogP contribution in [0.1, 0.15) is 41.7 Å². The molecule has 0 aromatic heterocycles. The van der Waals surface area contributed by atoms with Crippen LogP contribution in [0.2, 0.25) is 0 Å². The quantitative estimate of drug-likeness (QED) is 0.184. The predicted molar refractivity (Wildman–Crippen MR) is 121 cm³/mol. The van der Waals surface area contributed by atoms with E-state index < -0.39 is 11.9 Å². The molecular formula is C23H30N2O6S. The zero-order valence-corrected chi connectivity index (χ0v) is 20.0. The van der Waals surface area contributed by atoms with Crippen molar-refractivity contribution < 1.29 is 28.7 Å². The summed E-state index contributed by atoms with van der Waals surface area (Å²) in [6.07, 6.45) is 0. The molecule has 0 unspecified atom stereocenters. The maximum absolute atomic E-state index is 12.4. The fraction of sp³-hybridized carbons (Fsp3) is 0.435. The first-order valence-corrected chi connectivity index (χ1v) is 11.1. The van der Waals surface area contributed by atoms with Crippen LogP contribution in [0.5, 0.6) is 17.2 Å². The van der Waals surface area contributed by atoms with Gasteiger partial charge < -0.3 is 14.4 Å². The summed E-state index contributed by atoms with van der Waals surface area (Å²) in [7, 11) is 0. The van der Waals surface area contributed by atoms with Crippen LogP contribution in [0.3, 0.4) is 0 Å². The summed E-state index contributed by atoms with van der Waals surface area (Å²) < 4.78 is 18.1. The molecule has 1 heterocycles. The molecule has 1 amide bonds. The highest BCUT2D eigenvalue weighted by Crippen LogP contribution is 2.35. The van der Waals surface area contributed by atoms with Crippen molar-refractivity contribution in [2.45, 2.75) is 54.1 Å². The van der Waals surface area contributed by atoms with E-state index in [0.717, 1.165) is 34.5 Å². The second-order valence-electron chi connectivity index (χ2n) is 8.24. The summed E-state index contributed by atoms with van der Waals surface area (Å²) in [5, 5.41) is 9.28. The molecule has 174 valence electrons. The Bertz CT molecular complexity index is 981. The number of hydrogen-bond donors (Lipinski definition) is 2. The third kappa shape index (κ3) is 5.29. The number of amides is 1. The van der Waals surface area contributed by atoms with Gasteiger partial charge in [0.1, 0.15) is 18.3 Å². The number of hydrogen-bond acceptors (Lipinski definition) is 8. The van der Waals surface area contributed by atoms with Gasteiger partial charge in [-0.1, -0.05) is 30.3 Å². The first-order chi connectivity index (χ1) is 15.2. The Morgan fingerprint density at radius 3 is 2.53 bits per heavy atom. The SMILES string of the molecule is Cc1cc(C)c(OOSN(Cc2ccc3c(c2)OCO3)[C@@H](C(=O)NO)C(C)C)c(C)c1C. The summed E-state index contributed by atoms with van der Waals surface area (Å²) in [5.74, 6) is 1.34. The van der Waals surface area contributed by atoms with E-state index in [1.165, 1.54) is 5.56 Å². The predicted octanol–water partition coefficient (Wildman–Crippen LogP) is 4.55. The Morgan fingerprint density at radius 1 is 1.12 bits per heavy atom. The second-order valence-corrected chi connectivity index (χ2v) is 9.00. The number of aryl methyl sites for hydroxylation is 2. The first kappa shape index (κ1) is 24.2. The Balaban J connectivity index is 1.80. The highest BCUT2D eigenvalue weighted by atomic mass is 32.2. The van der Waals surface area contributed by atoms with Crippen LogP contribution in [0, 0.1) is 33.6 Å². The Morgan fingerprint density at radius 2 is 1.84 bits per heavy atom. The molecule has 32 heavy (non-hydrogen) atoms. The molecule has 0 fully saturated rings. The van der Waals surface area contributed by atoms with Crippen molar-refractivity contribution in [2.75, 3.05) is 6.79 Å². The van der Waals surface area contributed by atoms with Crippen LogP contribution in [0.25, 0.3) is 0 Å². The van der Waals surface area contributed by atoms with Gasteiger partial charge in [-0.05, 0) is 73.6 Å². The van der Waals surface area contributed by atoms with Crippen molar-refractivity contribution >= 4 is 18.1 Å². The molecule has 0 saturated carbocycles. The lowest BCUT2D eigenvalue weighted by molar-refractivity contribution is -0.135. The molecule has 0 bridgehead atoms. The monoisotopic (exact) mass is 462 g/mol. The summed E-state index contributed by atoms with van der Waals surface area (Å²) in [4.78, 5) is 18.1. The van der Waals surface area contributed by atoms with E-state index in [2.05, 4.69) is 6.92 Å². The number of nitrogens with zero attached hydrogens (tertiary/aromatic N) is 1. The van der Waals surface area contributed by atoms with Gasteiger partial charge in [-0.3, -0.25) is 10.0 Å². The minimum absolute atomic E-state index is 0.114. The fourth-order valence-corrected chi connectivity index (χ4v) is 4.51. The fourth-order valence-electron chi connectivity index (χ4n) is 3.70. The van der Waals surface area contributed by atoms with Crippen LogP contribution in [0.4, 0.5) is 0 Å². The van der Waals surface area contributed by atoms with Crippen LogP contribution < -0.4 is 19.8 Å².